The summed E-state index contributed by atoms with van der Waals surface area (Å²) in [4.78, 5) is 15.1. The quantitative estimate of drug-likeness (QED) is 0.632. The maximum Gasteiger partial charge on any atom is 0.264 e. The van der Waals surface area contributed by atoms with Gasteiger partial charge in [-0.25, -0.2) is 8.42 Å². The average Bonchev–Trinajstić information content (AvgIpc) is 2.76. The number of aryl methyl sites for hydroxylation is 1. The number of hydrogen-bond donors (Lipinski definition) is 1. The standard InChI is InChI=1S/C24H33N3O3S/c1-19-8-4-11-22(16-19)26(3)31(29,30)23-12-5-10-21(17-23)24(28)25-13-7-15-27-14-6-9-20(2)18-27/h4-5,8,10-12,16-17,20H,6-7,9,13-15,18H2,1-3H3,(H,25,28). The number of carbonyl (C=O) groups is 1. The SMILES string of the molecule is Cc1cccc(N(C)S(=O)(=O)c2cccc(C(=O)NCCCN3CCCC(C)C3)c2)c1. The molecule has 0 radical (unpaired) electrons. The van der Waals surface area contributed by atoms with E-state index < -0.39 is 10.0 Å². The molecule has 168 valence electrons. The number of benzene rings is 2. The third-order valence-electron chi connectivity index (χ3n) is 5.80. The molecule has 1 aliphatic heterocycles. The lowest BCUT2D eigenvalue weighted by Crippen LogP contribution is -2.36. The van der Waals surface area contributed by atoms with Crippen molar-refractivity contribution in [1.29, 1.82) is 0 Å². The lowest BCUT2D eigenvalue weighted by atomic mass is 10.0. The van der Waals surface area contributed by atoms with Crippen molar-refractivity contribution in [2.24, 2.45) is 5.92 Å². The Labute approximate surface area is 186 Å². The zero-order valence-electron chi connectivity index (χ0n) is 18.7. The Morgan fingerprint density at radius 1 is 1.19 bits per heavy atom. The summed E-state index contributed by atoms with van der Waals surface area (Å²) in [5, 5.41) is 2.92. The van der Waals surface area contributed by atoms with Gasteiger partial charge < -0.3 is 10.2 Å². The van der Waals surface area contributed by atoms with Crippen LogP contribution in [0.4, 0.5) is 5.69 Å². The van der Waals surface area contributed by atoms with E-state index in [0.29, 0.717) is 17.8 Å². The smallest absolute Gasteiger partial charge is 0.264 e. The van der Waals surface area contributed by atoms with Crippen molar-refractivity contribution in [2.45, 2.75) is 38.0 Å². The lowest BCUT2D eigenvalue weighted by Gasteiger charge is -2.30. The zero-order chi connectivity index (χ0) is 22.4. The van der Waals surface area contributed by atoms with Gasteiger partial charge in [-0.05, 0) is 81.1 Å². The lowest BCUT2D eigenvalue weighted by molar-refractivity contribution is 0.0950. The number of carbonyl (C=O) groups excluding carboxylic acids is 1. The minimum Gasteiger partial charge on any atom is -0.352 e. The van der Waals surface area contributed by atoms with Crippen molar-refractivity contribution >= 4 is 21.6 Å². The molecule has 1 atom stereocenters. The molecule has 0 saturated carbocycles. The van der Waals surface area contributed by atoms with Crippen LogP contribution in [-0.4, -0.2) is 52.5 Å². The van der Waals surface area contributed by atoms with Crippen molar-refractivity contribution in [2.75, 3.05) is 37.5 Å². The molecule has 2 aromatic rings. The number of nitrogens with one attached hydrogen (secondary N) is 1. The number of likely N-dealkylation sites (tertiary alicyclic amines) is 1. The Balaban J connectivity index is 1.60. The second kappa shape index (κ2) is 10.3. The van der Waals surface area contributed by atoms with E-state index in [1.54, 1.807) is 18.2 Å². The molecule has 7 heteroatoms. The highest BCUT2D eigenvalue weighted by Gasteiger charge is 2.22. The van der Waals surface area contributed by atoms with Crippen molar-refractivity contribution in [3.05, 3.63) is 59.7 Å². The van der Waals surface area contributed by atoms with Gasteiger partial charge in [-0.15, -0.1) is 0 Å². The van der Waals surface area contributed by atoms with E-state index in [4.69, 9.17) is 0 Å². The molecule has 1 saturated heterocycles. The largest absolute Gasteiger partial charge is 0.352 e. The minimum atomic E-state index is -3.76. The molecule has 3 rings (SSSR count). The van der Waals surface area contributed by atoms with E-state index in [9.17, 15) is 13.2 Å². The number of hydrogen-bond acceptors (Lipinski definition) is 4. The number of sulfonamides is 1. The molecule has 0 spiro atoms. The molecule has 0 bridgehead atoms. The van der Waals surface area contributed by atoms with Crippen LogP contribution in [0.1, 0.15) is 42.1 Å². The van der Waals surface area contributed by atoms with E-state index in [0.717, 1.165) is 37.5 Å². The summed E-state index contributed by atoms with van der Waals surface area (Å²) in [6, 6.07) is 13.5. The van der Waals surface area contributed by atoms with Crippen LogP contribution in [0.3, 0.4) is 0 Å². The van der Waals surface area contributed by atoms with Crippen LogP contribution < -0.4 is 9.62 Å². The van der Waals surface area contributed by atoms with Gasteiger partial charge in [-0.3, -0.25) is 9.10 Å². The molecule has 1 amide bonds. The Morgan fingerprint density at radius 2 is 1.97 bits per heavy atom. The first-order chi connectivity index (χ1) is 14.8. The van der Waals surface area contributed by atoms with Crippen LogP contribution in [-0.2, 0) is 10.0 Å². The summed E-state index contributed by atoms with van der Waals surface area (Å²) >= 11 is 0. The van der Waals surface area contributed by atoms with Gasteiger partial charge >= 0.3 is 0 Å². The topological polar surface area (TPSA) is 69.7 Å². The summed E-state index contributed by atoms with van der Waals surface area (Å²) < 4.78 is 27.4. The van der Waals surface area contributed by atoms with Gasteiger partial charge in [0.05, 0.1) is 10.6 Å². The molecule has 0 aromatic heterocycles. The number of piperidine rings is 1. The number of rotatable bonds is 8. The van der Waals surface area contributed by atoms with Crippen molar-refractivity contribution in [3.63, 3.8) is 0 Å². The number of nitrogens with zero attached hydrogens (tertiary/aromatic N) is 2. The van der Waals surface area contributed by atoms with Gasteiger partial charge in [-0.2, -0.15) is 0 Å². The second-order valence-corrected chi connectivity index (χ2v) is 10.5. The summed E-state index contributed by atoms with van der Waals surface area (Å²) in [5.41, 5.74) is 1.92. The van der Waals surface area contributed by atoms with Crippen molar-refractivity contribution < 1.29 is 13.2 Å². The molecule has 1 heterocycles. The Bertz CT molecular complexity index is 1010. The predicted octanol–water partition coefficient (Wildman–Crippen LogP) is 3.67. The first kappa shape index (κ1) is 23.3. The van der Waals surface area contributed by atoms with E-state index in [1.165, 1.54) is 36.3 Å². The summed E-state index contributed by atoms with van der Waals surface area (Å²) in [6.07, 6.45) is 3.42. The maximum absolute atomic E-state index is 13.1. The van der Waals surface area contributed by atoms with E-state index >= 15 is 0 Å². The first-order valence-corrected chi connectivity index (χ1v) is 12.4. The number of amides is 1. The molecule has 2 aromatic carbocycles. The molecule has 31 heavy (non-hydrogen) atoms. The number of anilines is 1. The normalized spacial score (nSPS) is 17.3. The summed E-state index contributed by atoms with van der Waals surface area (Å²) in [7, 11) is -2.24. The van der Waals surface area contributed by atoms with Crippen LogP contribution in [0.2, 0.25) is 0 Å². The van der Waals surface area contributed by atoms with Gasteiger partial charge in [0.1, 0.15) is 0 Å². The highest BCUT2D eigenvalue weighted by atomic mass is 32.2. The fourth-order valence-electron chi connectivity index (χ4n) is 4.01. The Kier molecular flexibility index (Phi) is 7.73. The van der Waals surface area contributed by atoms with Crippen molar-refractivity contribution in [1.82, 2.24) is 10.2 Å². The molecular weight excluding hydrogens is 410 g/mol. The Hall–Kier alpha value is -2.38. The van der Waals surface area contributed by atoms with Crippen LogP contribution >= 0.6 is 0 Å². The third kappa shape index (κ3) is 6.08. The summed E-state index contributed by atoms with van der Waals surface area (Å²) in [6.45, 7) is 8.01. The fraction of sp³-hybridized carbons (Fsp3) is 0.458. The Morgan fingerprint density at radius 3 is 2.71 bits per heavy atom. The van der Waals surface area contributed by atoms with Gasteiger partial charge in [0.25, 0.3) is 15.9 Å². The van der Waals surface area contributed by atoms with E-state index in [1.807, 2.05) is 25.1 Å². The van der Waals surface area contributed by atoms with Gasteiger partial charge in [-0.1, -0.05) is 25.1 Å². The average molecular weight is 444 g/mol. The molecule has 0 aliphatic carbocycles. The zero-order valence-corrected chi connectivity index (χ0v) is 19.5. The van der Waals surface area contributed by atoms with Crippen molar-refractivity contribution in [3.8, 4) is 0 Å². The molecule has 1 fully saturated rings. The van der Waals surface area contributed by atoms with Gasteiger partial charge in [0.2, 0.25) is 0 Å². The van der Waals surface area contributed by atoms with E-state index in [-0.39, 0.29) is 10.8 Å². The highest BCUT2D eigenvalue weighted by Crippen LogP contribution is 2.23. The molecular formula is C24H33N3O3S. The molecule has 1 aliphatic rings. The minimum absolute atomic E-state index is 0.103. The second-order valence-electron chi connectivity index (χ2n) is 8.50. The summed E-state index contributed by atoms with van der Waals surface area (Å²) in [5.74, 6) is 0.494. The first-order valence-electron chi connectivity index (χ1n) is 10.9. The van der Waals surface area contributed by atoms with Crippen LogP contribution in [0, 0.1) is 12.8 Å². The van der Waals surface area contributed by atoms with Crippen LogP contribution in [0.5, 0.6) is 0 Å². The fourth-order valence-corrected chi connectivity index (χ4v) is 5.25. The van der Waals surface area contributed by atoms with Gasteiger partial charge in [0.15, 0.2) is 0 Å². The maximum atomic E-state index is 13.1. The van der Waals surface area contributed by atoms with Crippen LogP contribution in [0.15, 0.2) is 53.4 Å². The monoisotopic (exact) mass is 443 g/mol. The van der Waals surface area contributed by atoms with Crippen LogP contribution in [0.25, 0.3) is 0 Å². The molecule has 1 unspecified atom stereocenters. The van der Waals surface area contributed by atoms with E-state index in [2.05, 4.69) is 17.1 Å². The highest BCUT2D eigenvalue weighted by molar-refractivity contribution is 7.92. The predicted molar refractivity (Wildman–Crippen MR) is 125 cm³/mol. The van der Waals surface area contributed by atoms with Gasteiger partial charge in [0, 0.05) is 25.7 Å². The molecule has 6 nitrogen and oxygen atoms in total. The third-order valence-corrected chi connectivity index (χ3v) is 7.58. The molecule has 1 N–H and O–H groups in total.